The highest BCUT2D eigenvalue weighted by molar-refractivity contribution is 5.81. The average Bonchev–Trinajstić information content (AvgIpc) is 2.80. The van der Waals surface area contributed by atoms with Crippen molar-refractivity contribution in [2.45, 2.75) is 18.2 Å². The number of aliphatic hydroxyl groups is 1. The van der Waals surface area contributed by atoms with Crippen LogP contribution in [0.5, 0.6) is 0 Å². The Kier molecular flexibility index (Phi) is 4.08. The number of alkyl halides is 3. The van der Waals surface area contributed by atoms with Gasteiger partial charge in [-0.2, -0.15) is 13.2 Å². The summed E-state index contributed by atoms with van der Waals surface area (Å²) in [6, 6.07) is 5.38. The number of β-amino-alcohol motifs (C(OH)–C–C–N with tert-alkyl or cyclic N) is 1. The summed E-state index contributed by atoms with van der Waals surface area (Å²) in [5.41, 5.74) is -2.49. The summed E-state index contributed by atoms with van der Waals surface area (Å²) < 4.78 is 50.8. The van der Waals surface area contributed by atoms with Gasteiger partial charge in [0.25, 0.3) is 0 Å². The molecular formula is C13H14F4N2O2. The number of carbonyl (C=O) groups excluding carboxylic acids is 1. The van der Waals surface area contributed by atoms with E-state index in [0.717, 1.165) is 4.90 Å². The van der Waals surface area contributed by atoms with E-state index >= 15 is 0 Å². The number of likely N-dealkylation sites (tertiary alicyclic amines) is 1. The number of amides is 1. The highest BCUT2D eigenvalue weighted by atomic mass is 19.4. The van der Waals surface area contributed by atoms with Crippen LogP contribution in [0.15, 0.2) is 24.3 Å². The van der Waals surface area contributed by atoms with Gasteiger partial charge in [0, 0.05) is 18.7 Å². The van der Waals surface area contributed by atoms with Crippen LogP contribution in [0.2, 0.25) is 0 Å². The molecule has 1 saturated heterocycles. The number of nitrogens with zero attached hydrogens (tertiary/aromatic N) is 1. The van der Waals surface area contributed by atoms with E-state index in [2.05, 4.69) is 5.32 Å². The third-order valence-corrected chi connectivity index (χ3v) is 3.40. The molecule has 21 heavy (non-hydrogen) atoms. The van der Waals surface area contributed by atoms with Gasteiger partial charge < -0.3 is 15.3 Å². The molecule has 1 aliphatic rings. The number of nitrogens with one attached hydrogen (secondary N) is 1. The molecule has 0 bridgehead atoms. The first-order chi connectivity index (χ1) is 9.71. The number of carbonyl (C=O) groups is 1. The van der Waals surface area contributed by atoms with Gasteiger partial charge in [-0.15, -0.1) is 0 Å². The van der Waals surface area contributed by atoms with Gasteiger partial charge >= 0.3 is 6.18 Å². The molecule has 0 radical (unpaired) electrons. The maximum Gasteiger partial charge on any atom is 0.419 e. The highest BCUT2D eigenvalue weighted by Crippen LogP contribution is 2.37. The van der Waals surface area contributed by atoms with Crippen LogP contribution in [0, 0.1) is 5.82 Å². The molecule has 1 amide bonds. The maximum absolute atomic E-state index is 12.9. The van der Waals surface area contributed by atoms with E-state index in [-0.39, 0.29) is 13.1 Å². The van der Waals surface area contributed by atoms with E-state index in [4.69, 9.17) is 0 Å². The summed E-state index contributed by atoms with van der Waals surface area (Å²) in [5.74, 6) is -1.07. The van der Waals surface area contributed by atoms with Gasteiger partial charge in [-0.3, -0.25) is 4.79 Å². The Bertz CT molecular complexity index is 535. The molecule has 116 valence electrons. The summed E-state index contributed by atoms with van der Waals surface area (Å²) in [4.78, 5) is 12.8. The predicted molar refractivity (Wildman–Crippen MR) is 67.1 cm³/mol. The summed E-state index contributed by atoms with van der Waals surface area (Å²) in [7, 11) is 0. The fourth-order valence-corrected chi connectivity index (χ4v) is 2.13. The SMILES string of the molecule is O=C(CNc1cccc(F)c1)N1CCC(O)(C(F)(F)F)C1. The largest absolute Gasteiger partial charge is 0.419 e. The molecule has 0 spiro atoms. The van der Waals surface area contributed by atoms with Crippen LogP contribution < -0.4 is 5.32 Å². The minimum Gasteiger partial charge on any atom is -0.379 e. The zero-order valence-electron chi connectivity index (χ0n) is 11.0. The standard InChI is InChI=1S/C13H14F4N2O2/c14-9-2-1-3-10(6-9)18-7-11(20)19-5-4-12(21,8-19)13(15,16)17/h1-3,6,18,21H,4-5,7-8H2. The van der Waals surface area contributed by atoms with E-state index < -0.39 is 36.5 Å². The van der Waals surface area contributed by atoms with Crippen LogP contribution in [0.25, 0.3) is 0 Å². The molecule has 0 aromatic heterocycles. The topological polar surface area (TPSA) is 52.6 Å². The lowest BCUT2D eigenvalue weighted by atomic mass is 10.0. The fraction of sp³-hybridized carbons (Fsp3) is 0.462. The van der Waals surface area contributed by atoms with Crippen LogP contribution >= 0.6 is 0 Å². The number of halogens is 4. The van der Waals surface area contributed by atoms with E-state index in [0.29, 0.717) is 5.69 Å². The Labute approximate surface area is 118 Å². The van der Waals surface area contributed by atoms with Crippen LogP contribution in [0.3, 0.4) is 0 Å². The van der Waals surface area contributed by atoms with Crippen LogP contribution in [0.1, 0.15) is 6.42 Å². The molecule has 1 heterocycles. The fourth-order valence-electron chi connectivity index (χ4n) is 2.13. The smallest absolute Gasteiger partial charge is 0.379 e. The number of hydrogen-bond acceptors (Lipinski definition) is 3. The van der Waals surface area contributed by atoms with Crippen molar-refractivity contribution in [1.82, 2.24) is 4.90 Å². The van der Waals surface area contributed by atoms with Gasteiger partial charge in [-0.05, 0) is 18.2 Å². The second kappa shape index (κ2) is 5.51. The number of hydrogen-bond donors (Lipinski definition) is 2. The number of benzene rings is 1. The van der Waals surface area contributed by atoms with Gasteiger partial charge in [0.15, 0.2) is 5.60 Å². The van der Waals surface area contributed by atoms with Crippen molar-refractivity contribution < 1.29 is 27.5 Å². The molecule has 2 N–H and O–H groups in total. The Morgan fingerprint density at radius 3 is 2.71 bits per heavy atom. The third-order valence-electron chi connectivity index (χ3n) is 3.40. The number of anilines is 1. The lowest BCUT2D eigenvalue weighted by molar-refractivity contribution is -0.253. The molecule has 1 fully saturated rings. The molecule has 4 nitrogen and oxygen atoms in total. The highest BCUT2D eigenvalue weighted by Gasteiger charge is 2.57. The molecule has 8 heteroatoms. The monoisotopic (exact) mass is 306 g/mol. The molecule has 0 saturated carbocycles. The maximum atomic E-state index is 12.9. The second-order valence-electron chi connectivity index (χ2n) is 4.96. The summed E-state index contributed by atoms with van der Waals surface area (Å²) in [5, 5.41) is 12.1. The van der Waals surface area contributed by atoms with Gasteiger partial charge in [0.1, 0.15) is 5.82 Å². The van der Waals surface area contributed by atoms with Crippen LogP contribution in [-0.2, 0) is 4.79 Å². The van der Waals surface area contributed by atoms with Gasteiger partial charge in [-0.25, -0.2) is 4.39 Å². The lowest BCUT2D eigenvalue weighted by Gasteiger charge is -2.26. The van der Waals surface area contributed by atoms with Crippen molar-refractivity contribution in [3.63, 3.8) is 0 Å². The van der Waals surface area contributed by atoms with E-state index in [1.807, 2.05) is 0 Å². The quantitative estimate of drug-likeness (QED) is 0.837. The predicted octanol–water partition coefficient (Wildman–Crippen LogP) is 1.76. The number of rotatable bonds is 3. The van der Waals surface area contributed by atoms with Crippen molar-refractivity contribution in [3.05, 3.63) is 30.1 Å². The Morgan fingerprint density at radius 2 is 2.14 bits per heavy atom. The Hall–Kier alpha value is -1.83. The zero-order chi connectivity index (χ0) is 15.7. The molecular weight excluding hydrogens is 292 g/mol. The van der Waals surface area contributed by atoms with Crippen molar-refractivity contribution in [1.29, 1.82) is 0 Å². The van der Waals surface area contributed by atoms with E-state index in [9.17, 15) is 27.5 Å². The van der Waals surface area contributed by atoms with Gasteiger partial charge in [0.2, 0.25) is 5.91 Å². The Balaban J connectivity index is 1.91. The van der Waals surface area contributed by atoms with Gasteiger partial charge in [0.05, 0.1) is 13.1 Å². The van der Waals surface area contributed by atoms with Crippen molar-refractivity contribution >= 4 is 11.6 Å². The molecule has 0 aliphatic carbocycles. The zero-order valence-corrected chi connectivity index (χ0v) is 11.0. The first-order valence-corrected chi connectivity index (χ1v) is 6.28. The molecule has 1 unspecified atom stereocenters. The minimum absolute atomic E-state index is 0.167. The third kappa shape index (κ3) is 3.44. The lowest BCUT2D eigenvalue weighted by Crippen LogP contribution is -2.48. The minimum atomic E-state index is -4.77. The Morgan fingerprint density at radius 1 is 1.43 bits per heavy atom. The van der Waals surface area contributed by atoms with Crippen molar-refractivity contribution in [2.24, 2.45) is 0 Å². The summed E-state index contributed by atoms with van der Waals surface area (Å²) in [6.07, 6.45) is -5.31. The molecule has 1 aliphatic heterocycles. The van der Waals surface area contributed by atoms with E-state index in [1.165, 1.54) is 24.3 Å². The van der Waals surface area contributed by atoms with Gasteiger partial charge in [-0.1, -0.05) is 6.07 Å². The molecule has 1 atom stereocenters. The first-order valence-electron chi connectivity index (χ1n) is 6.28. The van der Waals surface area contributed by atoms with Crippen LogP contribution in [-0.4, -0.2) is 47.3 Å². The summed E-state index contributed by atoms with van der Waals surface area (Å²) >= 11 is 0. The second-order valence-corrected chi connectivity index (χ2v) is 4.96. The average molecular weight is 306 g/mol. The van der Waals surface area contributed by atoms with E-state index in [1.54, 1.807) is 0 Å². The normalized spacial score (nSPS) is 22.4. The summed E-state index contributed by atoms with van der Waals surface area (Å²) in [6.45, 7) is -1.21. The molecule has 1 aromatic rings. The van der Waals surface area contributed by atoms with Crippen molar-refractivity contribution in [2.75, 3.05) is 25.0 Å². The molecule has 1 aromatic carbocycles. The molecule has 2 rings (SSSR count). The van der Waals surface area contributed by atoms with Crippen LogP contribution in [0.4, 0.5) is 23.2 Å². The van der Waals surface area contributed by atoms with Crippen molar-refractivity contribution in [3.8, 4) is 0 Å². The first kappa shape index (κ1) is 15.6.